The standard InChI is InChI=1S/C46H68N10O14/c1-24(2)36(41(65)48-23-35(61)62)51-42(66)37(25(3)57)52-39(63)29(21-27-13-15-28(59)16-14-27)49-40(64)30-9-5-17-53(30)43(67)31-10-6-18-54(31)44(68)32-11-7-19-55(32)45(69)33-12-8-20-56(33)46(70)38(26(4)58)50-34(60)22-47/h13-16,24-26,29-33,36-38,57-59H,5-12,17-23,47H2,1-4H3,(H,48,65)(H,49,64)(H,50,60)(H,51,66)(H,52,63)(H,61,62)/p+1/t25-,26-,29+,30+,31+,32+,33+,36+,37+,38+/m1/s1. The van der Waals surface area contributed by atoms with Gasteiger partial charge in [0.2, 0.25) is 47.3 Å². The van der Waals surface area contributed by atoms with Crippen LogP contribution in [0.25, 0.3) is 0 Å². The van der Waals surface area contributed by atoms with E-state index in [2.05, 4.69) is 32.3 Å². The molecule has 0 aliphatic carbocycles. The molecule has 0 aromatic heterocycles. The molecule has 24 nitrogen and oxygen atoms in total. The summed E-state index contributed by atoms with van der Waals surface area (Å²) in [7, 11) is 0. The monoisotopic (exact) mass is 985 g/mol. The van der Waals surface area contributed by atoms with Crippen molar-refractivity contribution in [3.05, 3.63) is 29.8 Å². The van der Waals surface area contributed by atoms with Gasteiger partial charge < -0.3 is 72.3 Å². The van der Waals surface area contributed by atoms with E-state index in [1.54, 1.807) is 13.8 Å². The van der Waals surface area contributed by atoms with Crippen LogP contribution in [0.1, 0.15) is 84.6 Å². The number of aliphatic hydroxyl groups excluding tert-OH is 2. The van der Waals surface area contributed by atoms with Gasteiger partial charge in [0, 0.05) is 32.6 Å². The molecule has 5 rings (SSSR count). The van der Waals surface area contributed by atoms with Crippen LogP contribution in [-0.4, -0.2) is 199 Å². The highest BCUT2D eigenvalue weighted by Gasteiger charge is 2.49. The molecule has 9 amide bonds. The molecule has 4 aliphatic heterocycles. The van der Waals surface area contributed by atoms with Gasteiger partial charge in [0.05, 0.1) is 12.2 Å². The van der Waals surface area contributed by atoms with Gasteiger partial charge in [0.1, 0.15) is 60.6 Å². The second-order valence-electron chi connectivity index (χ2n) is 18.8. The third-order valence-electron chi connectivity index (χ3n) is 13.3. The Labute approximate surface area is 405 Å². The highest BCUT2D eigenvalue weighted by atomic mass is 16.4. The molecule has 4 heterocycles. The summed E-state index contributed by atoms with van der Waals surface area (Å²) in [6, 6.07) is -3.72. The first-order valence-corrected chi connectivity index (χ1v) is 24.0. The number of phenolic OH excluding ortho intramolecular Hbond substituents is 1. The van der Waals surface area contributed by atoms with Crippen LogP contribution >= 0.6 is 0 Å². The number of carbonyl (C=O) groups excluding carboxylic acids is 9. The van der Waals surface area contributed by atoms with Crippen molar-refractivity contribution in [3.8, 4) is 5.75 Å². The second-order valence-corrected chi connectivity index (χ2v) is 18.8. The zero-order chi connectivity index (χ0) is 51.6. The molecule has 24 heteroatoms. The van der Waals surface area contributed by atoms with Crippen molar-refractivity contribution in [1.82, 2.24) is 46.2 Å². The zero-order valence-corrected chi connectivity index (χ0v) is 40.1. The average Bonchev–Trinajstić information content (AvgIpc) is 4.17. The predicted molar refractivity (Wildman–Crippen MR) is 245 cm³/mol. The summed E-state index contributed by atoms with van der Waals surface area (Å²) in [5, 5.41) is 52.3. The third-order valence-corrected chi connectivity index (χ3v) is 13.3. The normalized spacial score (nSPS) is 22.6. The number of quaternary nitrogens is 1. The lowest BCUT2D eigenvalue weighted by atomic mass is 10.0. The fourth-order valence-corrected chi connectivity index (χ4v) is 9.61. The number of hydrogen-bond acceptors (Lipinski definition) is 13. The maximum Gasteiger partial charge on any atom is 0.322 e. The van der Waals surface area contributed by atoms with Crippen LogP contribution in [0, 0.1) is 5.92 Å². The third kappa shape index (κ3) is 13.3. The van der Waals surface area contributed by atoms with Crippen molar-refractivity contribution in [2.45, 2.75) is 146 Å². The molecule has 386 valence electrons. The first-order chi connectivity index (χ1) is 33.1. The molecular formula is C46H69N10O14+. The van der Waals surface area contributed by atoms with Crippen LogP contribution in [-0.2, 0) is 54.4 Å². The fraction of sp³-hybridized carbons (Fsp3) is 0.652. The number of phenols is 1. The van der Waals surface area contributed by atoms with Gasteiger partial charge in [-0.3, -0.25) is 47.9 Å². The molecule has 10 atom stereocenters. The zero-order valence-electron chi connectivity index (χ0n) is 40.1. The number of carbonyl (C=O) groups is 10. The van der Waals surface area contributed by atoms with E-state index in [0.29, 0.717) is 44.1 Å². The Hall–Kier alpha value is -6.40. The Morgan fingerprint density at radius 3 is 1.53 bits per heavy atom. The van der Waals surface area contributed by atoms with Gasteiger partial charge in [-0.2, -0.15) is 0 Å². The topological polar surface area (TPSA) is 352 Å². The number of benzene rings is 1. The SMILES string of the molecule is CC(C)[C@H](NC(=O)[C@@H](NC(=O)[C@H](Cc1ccc(O)cc1)NC(=O)[C@@H]1CCCN1C(=O)[C@@H]1CCCN1C(=O)[C@@H]1CCCN1C(=O)[C@@H]1CCCN1C(=O)[C@@H](NC(=O)C[NH3+])[C@@H](C)O)[C@@H](C)O)C(=O)NCC(=O)O. The van der Waals surface area contributed by atoms with Gasteiger partial charge in [-0.05, 0) is 88.8 Å². The van der Waals surface area contributed by atoms with Crippen molar-refractivity contribution < 1.29 is 74.1 Å². The van der Waals surface area contributed by atoms with Gasteiger partial charge in [-0.15, -0.1) is 0 Å². The largest absolute Gasteiger partial charge is 0.508 e. The number of carboxylic acids is 1. The number of aromatic hydroxyl groups is 1. The first-order valence-electron chi connectivity index (χ1n) is 24.0. The maximum atomic E-state index is 14.5. The summed E-state index contributed by atoms with van der Waals surface area (Å²) in [4.78, 5) is 140. The molecule has 4 saturated heterocycles. The van der Waals surface area contributed by atoms with Gasteiger partial charge in [0.25, 0.3) is 5.91 Å². The van der Waals surface area contributed by atoms with Crippen molar-refractivity contribution in [2.75, 3.05) is 39.3 Å². The Balaban J connectivity index is 1.29. The summed E-state index contributed by atoms with van der Waals surface area (Å²) in [5.74, 6) is -7.85. The van der Waals surface area contributed by atoms with Gasteiger partial charge >= 0.3 is 5.97 Å². The van der Waals surface area contributed by atoms with Crippen molar-refractivity contribution >= 4 is 59.1 Å². The number of carboxylic acid groups (broad SMARTS) is 1. The van der Waals surface area contributed by atoms with E-state index < -0.39 is 132 Å². The van der Waals surface area contributed by atoms with Crippen molar-refractivity contribution in [2.24, 2.45) is 5.92 Å². The summed E-state index contributed by atoms with van der Waals surface area (Å²) < 4.78 is 0. The van der Waals surface area contributed by atoms with Crippen molar-refractivity contribution in [3.63, 3.8) is 0 Å². The lowest BCUT2D eigenvalue weighted by Crippen LogP contribution is -2.63. The minimum atomic E-state index is -1.65. The molecule has 1 aromatic rings. The van der Waals surface area contributed by atoms with E-state index >= 15 is 0 Å². The number of nitrogens with zero attached hydrogens (tertiary/aromatic N) is 4. The molecule has 4 fully saturated rings. The van der Waals surface area contributed by atoms with Crippen LogP contribution < -0.4 is 32.3 Å². The minimum Gasteiger partial charge on any atom is -0.508 e. The summed E-state index contributed by atoms with van der Waals surface area (Å²) >= 11 is 0. The molecule has 0 bridgehead atoms. The Kier molecular flexibility index (Phi) is 19.0. The highest BCUT2D eigenvalue weighted by Crippen LogP contribution is 2.31. The van der Waals surface area contributed by atoms with E-state index in [1.165, 1.54) is 57.7 Å². The number of aliphatic hydroxyl groups is 2. The van der Waals surface area contributed by atoms with Gasteiger partial charge in [0.15, 0.2) is 6.54 Å². The predicted octanol–water partition coefficient (Wildman–Crippen LogP) is -4.30. The summed E-state index contributed by atoms with van der Waals surface area (Å²) in [6.45, 7) is 5.72. The number of nitrogens with one attached hydrogen (secondary N) is 5. The number of rotatable bonds is 20. The lowest BCUT2D eigenvalue weighted by Gasteiger charge is -2.36. The molecule has 0 radical (unpaired) electrons. The minimum absolute atomic E-state index is 0.0639. The van der Waals surface area contributed by atoms with E-state index in [-0.39, 0.29) is 57.7 Å². The Morgan fingerprint density at radius 1 is 0.600 bits per heavy atom. The second kappa shape index (κ2) is 24.4. The molecule has 0 spiro atoms. The molecule has 0 unspecified atom stereocenters. The van der Waals surface area contributed by atoms with E-state index in [4.69, 9.17) is 5.11 Å². The van der Waals surface area contributed by atoms with Crippen LogP contribution in [0.5, 0.6) is 5.75 Å². The average molecular weight is 986 g/mol. The Morgan fingerprint density at radius 2 is 1.06 bits per heavy atom. The maximum absolute atomic E-state index is 14.5. The molecule has 12 N–H and O–H groups in total. The van der Waals surface area contributed by atoms with E-state index in [9.17, 15) is 63.3 Å². The fourth-order valence-electron chi connectivity index (χ4n) is 9.61. The van der Waals surface area contributed by atoms with Gasteiger partial charge in [-0.25, -0.2) is 0 Å². The van der Waals surface area contributed by atoms with Crippen LogP contribution in [0.3, 0.4) is 0 Å². The molecule has 4 aliphatic rings. The van der Waals surface area contributed by atoms with Gasteiger partial charge in [-0.1, -0.05) is 26.0 Å². The van der Waals surface area contributed by atoms with Crippen molar-refractivity contribution in [1.29, 1.82) is 0 Å². The molecule has 70 heavy (non-hydrogen) atoms. The Bertz CT molecular complexity index is 2120. The number of likely N-dealkylation sites (tertiary alicyclic amines) is 4. The highest BCUT2D eigenvalue weighted by molar-refractivity contribution is 5.99. The van der Waals surface area contributed by atoms with Crippen LogP contribution in [0.15, 0.2) is 24.3 Å². The lowest BCUT2D eigenvalue weighted by molar-refractivity contribution is -0.355. The number of aliphatic carboxylic acids is 1. The number of amides is 9. The molecule has 1 aromatic carbocycles. The van der Waals surface area contributed by atoms with Crippen LogP contribution in [0.2, 0.25) is 0 Å². The quantitative estimate of drug-likeness (QED) is 0.0592. The molecular weight excluding hydrogens is 917 g/mol. The summed E-state index contributed by atoms with van der Waals surface area (Å²) in [5.41, 5.74) is 4.00. The van der Waals surface area contributed by atoms with E-state index in [1.807, 2.05) is 0 Å². The first kappa shape index (κ1) is 54.5. The smallest absolute Gasteiger partial charge is 0.322 e. The summed E-state index contributed by atoms with van der Waals surface area (Å²) in [6.07, 6.45) is 0.0374. The van der Waals surface area contributed by atoms with E-state index in [0.717, 1.165) is 0 Å². The van der Waals surface area contributed by atoms with Crippen LogP contribution in [0.4, 0.5) is 0 Å². The molecule has 0 saturated carbocycles. The number of hydrogen-bond donors (Lipinski definition) is 10.